The lowest BCUT2D eigenvalue weighted by Crippen LogP contribution is -2.32. The van der Waals surface area contributed by atoms with Crippen molar-refractivity contribution in [2.24, 2.45) is 5.92 Å². The van der Waals surface area contributed by atoms with E-state index in [0.29, 0.717) is 6.04 Å². The van der Waals surface area contributed by atoms with Crippen LogP contribution in [-0.2, 0) is 6.54 Å². The minimum atomic E-state index is 0.460. The summed E-state index contributed by atoms with van der Waals surface area (Å²) in [7, 11) is 0. The number of imidazole rings is 1. The highest BCUT2D eigenvalue weighted by Crippen LogP contribution is 2.33. The van der Waals surface area contributed by atoms with E-state index in [1.54, 1.807) is 0 Å². The quantitative estimate of drug-likeness (QED) is 0.808. The van der Waals surface area contributed by atoms with Crippen LogP contribution in [0.1, 0.15) is 70.7 Å². The van der Waals surface area contributed by atoms with Gasteiger partial charge in [0.15, 0.2) is 0 Å². The Morgan fingerprint density at radius 3 is 2.74 bits per heavy atom. The Bertz CT molecular complexity index is 353. The summed E-state index contributed by atoms with van der Waals surface area (Å²) in [5, 5.41) is 3.76. The Hall–Kier alpha value is -0.830. The topological polar surface area (TPSA) is 29.9 Å². The molecule has 0 aromatic carbocycles. The molecule has 1 aliphatic carbocycles. The first-order valence-corrected chi connectivity index (χ1v) is 8.11. The molecule has 0 saturated heterocycles. The van der Waals surface area contributed by atoms with E-state index in [-0.39, 0.29) is 0 Å². The van der Waals surface area contributed by atoms with Gasteiger partial charge in [-0.2, -0.15) is 0 Å². The highest BCUT2D eigenvalue weighted by atomic mass is 15.1. The van der Waals surface area contributed by atoms with Gasteiger partial charge in [-0.05, 0) is 38.1 Å². The highest BCUT2D eigenvalue weighted by Gasteiger charge is 2.27. The summed E-state index contributed by atoms with van der Waals surface area (Å²) < 4.78 is 2.35. The molecule has 0 bridgehead atoms. The lowest BCUT2D eigenvalue weighted by atomic mass is 9.83. The molecule has 2 rings (SSSR count). The van der Waals surface area contributed by atoms with Crippen LogP contribution in [0.4, 0.5) is 0 Å². The standard InChI is InChI=1S/C16H29N3/c1-3-10-17-15(14-8-6-5-7-9-14)16-18-11-13-19(16)12-4-2/h11,13-15,17H,3-10,12H2,1-2H3. The van der Waals surface area contributed by atoms with Gasteiger partial charge in [-0.25, -0.2) is 4.98 Å². The smallest absolute Gasteiger partial charge is 0.126 e. The minimum Gasteiger partial charge on any atom is -0.334 e. The monoisotopic (exact) mass is 263 g/mol. The summed E-state index contributed by atoms with van der Waals surface area (Å²) in [5.41, 5.74) is 0. The molecule has 0 amide bonds. The van der Waals surface area contributed by atoms with Gasteiger partial charge in [-0.3, -0.25) is 0 Å². The molecule has 19 heavy (non-hydrogen) atoms. The zero-order chi connectivity index (χ0) is 13.5. The average molecular weight is 263 g/mol. The summed E-state index contributed by atoms with van der Waals surface area (Å²) in [4.78, 5) is 4.66. The molecule has 3 heteroatoms. The molecular formula is C16H29N3. The minimum absolute atomic E-state index is 0.460. The average Bonchev–Trinajstić information content (AvgIpc) is 2.89. The molecule has 1 fully saturated rings. The normalized spacial score (nSPS) is 18.6. The first-order chi connectivity index (χ1) is 9.36. The fraction of sp³-hybridized carbons (Fsp3) is 0.812. The second kappa shape index (κ2) is 7.68. The number of hydrogen-bond donors (Lipinski definition) is 1. The largest absolute Gasteiger partial charge is 0.334 e. The molecule has 1 aromatic heterocycles. The maximum Gasteiger partial charge on any atom is 0.126 e. The van der Waals surface area contributed by atoms with Gasteiger partial charge < -0.3 is 9.88 Å². The summed E-state index contributed by atoms with van der Waals surface area (Å²) in [6.45, 7) is 6.66. The third kappa shape index (κ3) is 3.82. The fourth-order valence-electron chi connectivity index (χ4n) is 3.27. The van der Waals surface area contributed by atoms with Crippen molar-refractivity contribution in [1.82, 2.24) is 14.9 Å². The Labute approximate surface area is 117 Å². The van der Waals surface area contributed by atoms with E-state index in [4.69, 9.17) is 0 Å². The van der Waals surface area contributed by atoms with Gasteiger partial charge in [0.05, 0.1) is 6.04 Å². The van der Waals surface area contributed by atoms with Crippen LogP contribution in [0.25, 0.3) is 0 Å². The molecular weight excluding hydrogens is 234 g/mol. The third-order valence-corrected chi connectivity index (χ3v) is 4.23. The van der Waals surface area contributed by atoms with Crippen LogP contribution >= 0.6 is 0 Å². The second-order valence-electron chi connectivity index (χ2n) is 5.81. The van der Waals surface area contributed by atoms with Crippen molar-refractivity contribution in [3.05, 3.63) is 18.2 Å². The molecule has 1 heterocycles. The third-order valence-electron chi connectivity index (χ3n) is 4.23. The van der Waals surface area contributed by atoms with E-state index in [1.165, 1.54) is 50.8 Å². The van der Waals surface area contributed by atoms with E-state index >= 15 is 0 Å². The highest BCUT2D eigenvalue weighted by molar-refractivity contribution is 5.02. The van der Waals surface area contributed by atoms with Crippen molar-refractivity contribution in [3.63, 3.8) is 0 Å². The van der Waals surface area contributed by atoms with Crippen LogP contribution in [-0.4, -0.2) is 16.1 Å². The van der Waals surface area contributed by atoms with E-state index in [1.807, 2.05) is 6.20 Å². The zero-order valence-corrected chi connectivity index (χ0v) is 12.6. The Kier molecular flexibility index (Phi) is 5.90. The first-order valence-electron chi connectivity index (χ1n) is 8.11. The Morgan fingerprint density at radius 1 is 1.26 bits per heavy atom. The number of rotatable bonds is 7. The van der Waals surface area contributed by atoms with Gasteiger partial charge in [0.1, 0.15) is 5.82 Å². The molecule has 3 nitrogen and oxygen atoms in total. The number of nitrogens with zero attached hydrogens (tertiary/aromatic N) is 2. The Balaban J connectivity index is 2.12. The van der Waals surface area contributed by atoms with E-state index in [9.17, 15) is 0 Å². The SMILES string of the molecule is CCCNC(c1nccn1CCC)C1CCCCC1. The van der Waals surface area contributed by atoms with Crippen molar-refractivity contribution >= 4 is 0 Å². The Morgan fingerprint density at radius 2 is 2.05 bits per heavy atom. The van der Waals surface area contributed by atoms with Crippen molar-refractivity contribution in [2.75, 3.05) is 6.54 Å². The predicted octanol–water partition coefficient (Wildman–Crippen LogP) is 3.91. The summed E-state index contributed by atoms with van der Waals surface area (Å²) in [6.07, 6.45) is 13.4. The van der Waals surface area contributed by atoms with E-state index in [2.05, 4.69) is 34.9 Å². The predicted molar refractivity (Wildman–Crippen MR) is 80.1 cm³/mol. The summed E-state index contributed by atoms with van der Waals surface area (Å²) in [6, 6.07) is 0.460. The number of hydrogen-bond acceptors (Lipinski definition) is 2. The molecule has 0 spiro atoms. The van der Waals surface area contributed by atoms with Gasteiger partial charge >= 0.3 is 0 Å². The lowest BCUT2D eigenvalue weighted by molar-refractivity contribution is 0.258. The van der Waals surface area contributed by atoms with E-state index in [0.717, 1.165) is 19.0 Å². The van der Waals surface area contributed by atoms with Crippen molar-refractivity contribution < 1.29 is 0 Å². The van der Waals surface area contributed by atoms with Crippen LogP contribution < -0.4 is 5.32 Å². The van der Waals surface area contributed by atoms with Crippen LogP contribution in [0.5, 0.6) is 0 Å². The van der Waals surface area contributed by atoms with Crippen molar-refractivity contribution in [2.45, 2.75) is 71.4 Å². The van der Waals surface area contributed by atoms with Gasteiger partial charge in [0.2, 0.25) is 0 Å². The maximum absolute atomic E-state index is 4.66. The maximum atomic E-state index is 4.66. The lowest BCUT2D eigenvalue weighted by Gasteiger charge is -2.31. The van der Waals surface area contributed by atoms with Crippen LogP contribution in [0.2, 0.25) is 0 Å². The number of aromatic nitrogens is 2. The molecule has 0 radical (unpaired) electrons. The van der Waals surface area contributed by atoms with Crippen LogP contribution in [0.3, 0.4) is 0 Å². The fourth-order valence-corrected chi connectivity index (χ4v) is 3.27. The zero-order valence-electron chi connectivity index (χ0n) is 12.6. The van der Waals surface area contributed by atoms with Gasteiger partial charge in [-0.15, -0.1) is 0 Å². The van der Waals surface area contributed by atoms with Crippen molar-refractivity contribution in [1.29, 1.82) is 0 Å². The van der Waals surface area contributed by atoms with Crippen LogP contribution in [0.15, 0.2) is 12.4 Å². The molecule has 1 unspecified atom stereocenters. The van der Waals surface area contributed by atoms with Gasteiger partial charge in [0.25, 0.3) is 0 Å². The molecule has 108 valence electrons. The first kappa shape index (κ1) is 14.6. The van der Waals surface area contributed by atoms with Gasteiger partial charge in [-0.1, -0.05) is 33.1 Å². The molecule has 1 aromatic rings. The number of aryl methyl sites for hydroxylation is 1. The second-order valence-corrected chi connectivity index (χ2v) is 5.81. The van der Waals surface area contributed by atoms with Gasteiger partial charge in [0, 0.05) is 18.9 Å². The molecule has 0 aliphatic heterocycles. The summed E-state index contributed by atoms with van der Waals surface area (Å²) in [5.74, 6) is 2.04. The van der Waals surface area contributed by atoms with E-state index < -0.39 is 0 Å². The molecule has 1 atom stereocenters. The molecule has 1 saturated carbocycles. The molecule has 1 aliphatic rings. The summed E-state index contributed by atoms with van der Waals surface area (Å²) >= 11 is 0. The van der Waals surface area contributed by atoms with Crippen LogP contribution in [0, 0.1) is 5.92 Å². The molecule has 1 N–H and O–H groups in total. The number of nitrogens with one attached hydrogen (secondary N) is 1. The van der Waals surface area contributed by atoms with Crippen molar-refractivity contribution in [3.8, 4) is 0 Å².